The number of nitrogens with one attached hydrogen (secondary N) is 2. The van der Waals surface area contributed by atoms with Crippen LogP contribution < -0.4 is 10.6 Å². The molecule has 19 heavy (non-hydrogen) atoms. The summed E-state index contributed by atoms with van der Waals surface area (Å²) in [6.45, 7) is 3.66. The van der Waals surface area contributed by atoms with E-state index in [-0.39, 0.29) is 11.2 Å². The normalized spacial score (nSPS) is 25.2. The third kappa shape index (κ3) is 5.71. The maximum atomic E-state index is 11.9. The minimum absolute atomic E-state index is 0.194. The molecule has 0 spiro atoms. The molecule has 0 aromatic heterocycles. The van der Waals surface area contributed by atoms with E-state index in [2.05, 4.69) is 10.6 Å². The number of ether oxygens (including phenoxy) is 1. The average molecular weight is 286 g/mol. The van der Waals surface area contributed by atoms with Gasteiger partial charge in [-0.15, -0.1) is 11.8 Å². The molecule has 2 heterocycles. The highest BCUT2D eigenvalue weighted by Crippen LogP contribution is 2.24. The lowest BCUT2D eigenvalue weighted by Gasteiger charge is -2.23. The summed E-state index contributed by atoms with van der Waals surface area (Å²) in [7, 11) is 0. The van der Waals surface area contributed by atoms with Gasteiger partial charge in [-0.25, -0.2) is 0 Å². The predicted octanol–water partition coefficient (Wildman–Crippen LogP) is 1.55. The van der Waals surface area contributed by atoms with E-state index in [1.165, 1.54) is 12.8 Å². The molecule has 5 heteroatoms. The lowest BCUT2D eigenvalue weighted by atomic mass is 10.1. The first-order chi connectivity index (χ1) is 9.36. The van der Waals surface area contributed by atoms with Gasteiger partial charge in [-0.1, -0.05) is 6.42 Å². The van der Waals surface area contributed by atoms with Gasteiger partial charge in [0, 0.05) is 13.2 Å². The van der Waals surface area contributed by atoms with Gasteiger partial charge in [0.2, 0.25) is 5.91 Å². The fourth-order valence-corrected chi connectivity index (χ4v) is 3.78. The first-order valence-corrected chi connectivity index (χ1v) is 8.63. The Morgan fingerprint density at radius 2 is 2.11 bits per heavy atom. The molecule has 0 aromatic rings. The summed E-state index contributed by atoms with van der Waals surface area (Å²) in [6.07, 6.45) is 7.08. The summed E-state index contributed by atoms with van der Waals surface area (Å²) in [4.78, 5) is 11.9. The van der Waals surface area contributed by atoms with Crippen LogP contribution >= 0.6 is 11.8 Å². The van der Waals surface area contributed by atoms with Crippen LogP contribution in [0.1, 0.15) is 38.5 Å². The average Bonchev–Trinajstić information content (AvgIpc) is 2.49. The molecule has 2 aliphatic rings. The van der Waals surface area contributed by atoms with Gasteiger partial charge in [-0.2, -0.15) is 0 Å². The molecule has 2 N–H and O–H groups in total. The fourth-order valence-electron chi connectivity index (χ4n) is 2.56. The number of carbonyl (C=O) groups is 1. The molecule has 0 radical (unpaired) electrons. The van der Waals surface area contributed by atoms with Crippen molar-refractivity contribution in [3.8, 4) is 0 Å². The largest absolute Gasteiger partial charge is 0.378 e. The Morgan fingerprint density at radius 3 is 2.84 bits per heavy atom. The number of hydrogen-bond acceptors (Lipinski definition) is 4. The monoisotopic (exact) mass is 286 g/mol. The number of piperidine rings is 1. The highest BCUT2D eigenvalue weighted by Gasteiger charge is 2.21. The van der Waals surface area contributed by atoms with Gasteiger partial charge in [-0.05, 0) is 50.9 Å². The van der Waals surface area contributed by atoms with Crippen LogP contribution in [-0.2, 0) is 9.53 Å². The molecule has 2 rings (SSSR count). The summed E-state index contributed by atoms with van der Waals surface area (Å²) < 4.78 is 5.81. The Morgan fingerprint density at radius 1 is 1.26 bits per heavy atom. The zero-order valence-electron chi connectivity index (χ0n) is 11.7. The van der Waals surface area contributed by atoms with Crippen LogP contribution in [0.3, 0.4) is 0 Å². The third-order valence-corrected chi connectivity index (χ3v) is 5.11. The van der Waals surface area contributed by atoms with Gasteiger partial charge in [0.15, 0.2) is 0 Å². The van der Waals surface area contributed by atoms with Crippen molar-refractivity contribution in [2.75, 3.05) is 32.0 Å². The minimum atomic E-state index is 0.194. The molecule has 2 saturated heterocycles. The summed E-state index contributed by atoms with van der Waals surface area (Å²) >= 11 is 1.81. The Kier molecular flexibility index (Phi) is 7.03. The summed E-state index contributed by atoms with van der Waals surface area (Å²) in [6, 6.07) is 0. The Balaban J connectivity index is 1.47. The molecule has 0 saturated carbocycles. The van der Waals surface area contributed by atoms with Crippen LogP contribution in [0.2, 0.25) is 0 Å². The summed E-state index contributed by atoms with van der Waals surface area (Å²) in [5.74, 6) is 1.36. The van der Waals surface area contributed by atoms with E-state index in [0.717, 1.165) is 57.7 Å². The number of thioether (sulfide) groups is 1. The van der Waals surface area contributed by atoms with Crippen molar-refractivity contribution in [3.63, 3.8) is 0 Å². The molecule has 1 unspecified atom stereocenters. The molecule has 2 fully saturated rings. The van der Waals surface area contributed by atoms with E-state index in [0.29, 0.717) is 6.10 Å². The van der Waals surface area contributed by atoms with Crippen molar-refractivity contribution < 1.29 is 9.53 Å². The van der Waals surface area contributed by atoms with Crippen LogP contribution in [0.25, 0.3) is 0 Å². The van der Waals surface area contributed by atoms with E-state index in [4.69, 9.17) is 4.74 Å². The third-order valence-electron chi connectivity index (χ3n) is 3.73. The fraction of sp³-hybridized carbons (Fsp3) is 0.929. The van der Waals surface area contributed by atoms with E-state index in [1.54, 1.807) is 0 Å². The van der Waals surface area contributed by atoms with Gasteiger partial charge < -0.3 is 15.4 Å². The van der Waals surface area contributed by atoms with Crippen molar-refractivity contribution >= 4 is 17.7 Å². The zero-order valence-corrected chi connectivity index (χ0v) is 12.5. The van der Waals surface area contributed by atoms with Crippen molar-refractivity contribution in [2.24, 2.45) is 0 Å². The van der Waals surface area contributed by atoms with Gasteiger partial charge in [0.05, 0.1) is 11.4 Å². The van der Waals surface area contributed by atoms with Gasteiger partial charge in [0.1, 0.15) is 0 Å². The van der Waals surface area contributed by atoms with Crippen molar-refractivity contribution in [3.05, 3.63) is 0 Å². The number of rotatable bonds is 6. The number of carbonyl (C=O) groups excluding carboxylic acids is 1. The highest BCUT2D eigenvalue weighted by molar-refractivity contribution is 8.00. The lowest BCUT2D eigenvalue weighted by molar-refractivity contribution is -0.120. The van der Waals surface area contributed by atoms with E-state index in [9.17, 15) is 4.79 Å². The van der Waals surface area contributed by atoms with Crippen molar-refractivity contribution in [2.45, 2.75) is 49.9 Å². The van der Waals surface area contributed by atoms with Gasteiger partial charge in [-0.3, -0.25) is 4.79 Å². The number of amides is 1. The molecular weight excluding hydrogens is 260 g/mol. The number of hydrogen-bond donors (Lipinski definition) is 2. The van der Waals surface area contributed by atoms with Crippen molar-refractivity contribution in [1.82, 2.24) is 10.6 Å². The molecule has 0 aromatic carbocycles. The maximum absolute atomic E-state index is 11.9. The lowest BCUT2D eigenvalue weighted by Crippen LogP contribution is -2.35. The van der Waals surface area contributed by atoms with E-state index in [1.807, 2.05) is 11.8 Å². The molecular formula is C14H26N2O2S. The maximum Gasteiger partial charge on any atom is 0.233 e. The molecule has 110 valence electrons. The minimum Gasteiger partial charge on any atom is -0.378 e. The SMILES string of the molecule is O=C(NCCCOC1CCNCC1)C1CCCCS1. The Hall–Kier alpha value is -0.260. The smallest absolute Gasteiger partial charge is 0.233 e. The Bertz CT molecular complexity index is 264. The van der Waals surface area contributed by atoms with Crippen LogP contribution in [0.15, 0.2) is 0 Å². The van der Waals surface area contributed by atoms with Crippen LogP contribution in [0.5, 0.6) is 0 Å². The predicted molar refractivity (Wildman–Crippen MR) is 79.6 cm³/mol. The topological polar surface area (TPSA) is 50.4 Å². The summed E-state index contributed by atoms with van der Waals surface area (Å²) in [5.41, 5.74) is 0. The van der Waals surface area contributed by atoms with Crippen LogP contribution in [0, 0.1) is 0 Å². The first kappa shape index (κ1) is 15.1. The van der Waals surface area contributed by atoms with Crippen LogP contribution in [-0.4, -0.2) is 49.3 Å². The zero-order chi connectivity index (χ0) is 13.3. The molecule has 1 atom stereocenters. The second-order valence-electron chi connectivity index (χ2n) is 5.32. The second-order valence-corrected chi connectivity index (χ2v) is 6.63. The second kappa shape index (κ2) is 8.82. The quantitative estimate of drug-likeness (QED) is 0.727. The first-order valence-electron chi connectivity index (χ1n) is 7.58. The highest BCUT2D eigenvalue weighted by atomic mass is 32.2. The van der Waals surface area contributed by atoms with Crippen molar-refractivity contribution in [1.29, 1.82) is 0 Å². The van der Waals surface area contributed by atoms with E-state index >= 15 is 0 Å². The molecule has 4 nitrogen and oxygen atoms in total. The van der Waals surface area contributed by atoms with Crippen LogP contribution in [0.4, 0.5) is 0 Å². The molecule has 1 amide bonds. The Labute approximate surface area is 120 Å². The van der Waals surface area contributed by atoms with E-state index < -0.39 is 0 Å². The van der Waals surface area contributed by atoms with Gasteiger partial charge >= 0.3 is 0 Å². The summed E-state index contributed by atoms with van der Waals surface area (Å²) in [5, 5.41) is 6.56. The molecule has 0 bridgehead atoms. The molecule has 2 aliphatic heterocycles. The van der Waals surface area contributed by atoms with Gasteiger partial charge in [0.25, 0.3) is 0 Å². The molecule has 0 aliphatic carbocycles. The standard InChI is InChI=1S/C14H26N2O2S/c17-14(13-4-1-2-11-19-13)16-7-3-10-18-12-5-8-15-9-6-12/h12-13,15H,1-11H2,(H,16,17).